The lowest BCUT2D eigenvalue weighted by molar-refractivity contribution is -0.384. The minimum Gasteiger partial charge on any atom is -0.508 e. The van der Waals surface area contributed by atoms with E-state index in [-0.39, 0.29) is 17.1 Å². The highest BCUT2D eigenvalue weighted by Crippen LogP contribution is 2.28. The van der Waals surface area contributed by atoms with Gasteiger partial charge in [-0.05, 0) is 18.6 Å². The smallest absolute Gasteiger partial charge is 0.319 e. The van der Waals surface area contributed by atoms with E-state index in [0.29, 0.717) is 6.54 Å². The number of nitrogens with one attached hydrogen (secondary N) is 2. The lowest BCUT2D eigenvalue weighted by atomic mass is 10.1. The molecule has 7 heteroatoms. The Kier molecular flexibility index (Phi) is 12.5. The van der Waals surface area contributed by atoms with Crippen molar-refractivity contribution in [2.45, 2.75) is 84.0 Å². The van der Waals surface area contributed by atoms with Gasteiger partial charge in [-0.15, -0.1) is 0 Å². The highest BCUT2D eigenvalue weighted by Gasteiger charge is 2.16. The number of rotatable bonds is 15. The van der Waals surface area contributed by atoms with Crippen LogP contribution in [0.15, 0.2) is 18.2 Å². The predicted octanol–water partition coefficient (Wildman–Crippen LogP) is 6.12. The van der Waals surface area contributed by atoms with Crippen LogP contribution in [-0.2, 0) is 0 Å². The molecular weight excluding hydrogens is 358 g/mol. The summed E-state index contributed by atoms with van der Waals surface area (Å²) in [6.07, 6.45) is 15.1. The third kappa shape index (κ3) is 10.7. The molecule has 158 valence electrons. The van der Waals surface area contributed by atoms with Gasteiger partial charge < -0.3 is 15.7 Å². The number of benzene rings is 1. The van der Waals surface area contributed by atoms with Gasteiger partial charge in [0, 0.05) is 6.54 Å². The zero-order valence-corrected chi connectivity index (χ0v) is 17.0. The van der Waals surface area contributed by atoms with Gasteiger partial charge in [-0.3, -0.25) is 10.1 Å². The number of anilines is 1. The van der Waals surface area contributed by atoms with Crippen molar-refractivity contribution in [3.63, 3.8) is 0 Å². The summed E-state index contributed by atoms with van der Waals surface area (Å²) in [4.78, 5) is 22.2. The van der Waals surface area contributed by atoms with Crippen molar-refractivity contribution in [3.8, 4) is 5.75 Å². The molecule has 0 saturated heterocycles. The van der Waals surface area contributed by atoms with Crippen LogP contribution < -0.4 is 10.6 Å². The Morgan fingerprint density at radius 1 is 0.964 bits per heavy atom. The first-order chi connectivity index (χ1) is 13.5. The molecule has 0 atom stereocenters. The van der Waals surface area contributed by atoms with Gasteiger partial charge >= 0.3 is 6.03 Å². The monoisotopic (exact) mass is 393 g/mol. The third-order valence-corrected chi connectivity index (χ3v) is 4.74. The summed E-state index contributed by atoms with van der Waals surface area (Å²) >= 11 is 0. The van der Waals surface area contributed by atoms with Gasteiger partial charge in [-0.1, -0.05) is 77.6 Å². The summed E-state index contributed by atoms with van der Waals surface area (Å²) < 4.78 is 0. The highest BCUT2D eigenvalue weighted by molar-refractivity contribution is 5.91. The number of nitro groups is 1. The van der Waals surface area contributed by atoms with Crippen LogP contribution in [0.2, 0.25) is 0 Å². The van der Waals surface area contributed by atoms with Crippen molar-refractivity contribution in [1.29, 1.82) is 0 Å². The fourth-order valence-electron chi connectivity index (χ4n) is 3.11. The van der Waals surface area contributed by atoms with Crippen LogP contribution in [0.25, 0.3) is 0 Å². The number of hydrogen-bond donors (Lipinski definition) is 3. The standard InChI is InChI=1S/C21H35N3O4/c1-2-3-4-5-6-7-8-9-10-11-12-13-16-22-21(26)23-19-15-14-18(25)17-20(19)24(27)28/h14-15,17,25H,2-13,16H2,1H3,(H2,22,23,26). The molecule has 1 aromatic carbocycles. The Morgan fingerprint density at radius 2 is 1.50 bits per heavy atom. The predicted molar refractivity (Wildman–Crippen MR) is 113 cm³/mol. The lowest BCUT2D eigenvalue weighted by Crippen LogP contribution is -2.29. The number of carbonyl (C=O) groups excluding carboxylic acids is 1. The Balaban J connectivity index is 2.04. The number of aromatic hydroxyl groups is 1. The molecule has 0 saturated carbocycles. The molecule has 1 aromatic rings. The molecule has 0 aliphatic heterocycles. The Hall–Kier alpha value is -2.31. The third-order valence-electron chi connectivity index (χ3n) is 4.74. The van der Waals surface area contributed by atoms with Crippen LogP contribution in [0.4, 0.5) is 16.2 Å². The van der Waals surface area contributed by atoms with E-state index < -0.39 is 11.0 Å². The number of nitrogens with zero attached hydrogens (tertiary/aromatic N) is 1. The quantitative estimate of drug-likeness (QED) is 0.144. The maximum Gasteiger partial charge on any atom is 0.319 e. The molecule has 0 fully saturated rings. The first-order valence-electron chi connectivity index (χ1n) is 10.6. The highest BCUT2D eigenvalue weighted by atomic mass is 16.6. The van der Waals surface area contributed by atoms with E-state index >= 15 is 0 Å². The zero-order valence-electron chi connectivity index (χ0n) is 17.0. The normalized spacial score (nSPS) is 10.6. The molecule has 28 heavy (non-hydrogen) atoms. The van der Waals surface area contributed by atoms with Crippen LogP contribution in [-0.4, -0.2) is 22.6 Å². The molecular formula is C21H35N3O4. The summed E-state index contributed by atoms with van der Waals surface area (Å²) in [7, 11) is 0. The Labute approximate surface area is 168 Å². The second-order valence-electron chi connectivity index (χ2n) is 7.23. The summed E-state index contributed by atoms with van der Waals surface area (Å²) in [6.45, 7) is 2.78. The summed E-state index contributed by atoms with van der Waals surface area (Å²) in [5.74, 6) is -0.214. The molecule has 0 radical (unpaired) electrons. The molecule has 0 aromatic heterocycles. The van der Waals surface area contributed by atoms with E-state index in [4.69, 9.17) is 0 Å². The van der Waals surface area contributed by atoms with Crippen LogP contribution in [0.5, 0.6) is 5.75 Å². The van der Waals surface area contributed by atoms with Crippen LogP contribution in [0.1, 0.15) is 84.0 Å². The van der Waals surface area contributed by atoms with Crippen molar-refractivity contribution in [3.05, 3.63) is 28.3 Å². The SMILES string of the molecule is CCCCCCCCCCCCCCNC(=O)Nc1ccc(O)cc1[N+](=O)[O-]. The number of carbonyl (C=O) groups is 1. The largest absolute Gasteiger partial charge is 0.508 e. The van der Waals surface area contributed by atoms with Gasteiger partial charge in [-0.2, -0.15) is 0 Å². The minimum absolute atomic E-state index is 0.0648. The number of unbranched alkanes of at least 4 members (excludes halogenated alkanes) is 11. The molecule has 0 spiro atoms. The first-order valence-corrected chi connectivity index (χ1v) is 10.6. The van der Waals surface area contributed by atoms with E-state index in [1.54, 1.807) is 0 Å². The zero-order chi connectivity index (χ0) is 20.6. The number of amides is 2. The molecule has 0 aliphatic rings. The van der Waals surface area contributed by atoms with E-state index in [9.17, 15) is 20.0 Å². The Bertz CT molecular complexity index is 593. The molecule has 0 aliphatic carbocycles. The number of phenols is 1. The van der Waals surface area contributed by atoms with Gasteiger partial charge in [0.2, 0.25) is 0 Å². The average molecular weight is 394 g/mol. The summed E-state index contributed by atoms with van der Waals surface area (Å²) in [5.41, 5.74) is -0.268. The average Bonchev–Trinajstić information content (AvgIpc) is 2.66. The molecule has 0 heterocycles. The first kappa shape index (κ1) is 23.7. The molecule has 2 amide bonds. The van der Waals surface area contributed by atoms with E-state index in [0.717, 1.165) is 18.9 Å². The number of phenolic OH excluding ortho intramolecular Hbond substituents is 1. The van der Waals surface area contributed by atoms with Gasteiger partial charge in [0.05, 0.1) is 11.0 Å². The summed E-state index contributed by atoms with van der Waals surface area (Å²) in [5, 5.41) is 25.5. The number of hydrogen-bond acceptors (Lipinski definition) is 4. The van der Waals surface area contributed by atoms with Crippen LogP contribution in [0, 0.1) is 10.1 Å². The minimum atomic E-state index is -0.638. The molecule has 0 unspecified atom stereocenters. The number of nitro benzene ring substituents is 1. The topological polar surface area (TPSA) is 104 Å². The molecule has 3 N–H and O–H groups in total. The van der Waals surface area contributed by atoms with Crippen LogP contribution >= 0.6 is 0 Å². The van der Waals surface area contributed by atoms with Gasteiger partial charge in [0.1, 0.15) is 11.4 Å². The van der Waals surface area contributed by atoms with Crippen molar-refractivity contribution < 1.29 is 14.8 Å². The van der Waals surface area contributed by atoms with Crippen LogP contribution in [0.3, 0.4) is 0 Å². The fourth-order valence-corrected chi connectivity index (χ4v) is 3.11. The van der Waals surface area contributed by atoms with Crippen molar-refractivity contribution in [2.24, 2.45) is 0 Å². The van der Waals surface area contributed by atoms with E-state index in [1.165, 1.54) is 76.3 Å². The van der Waals surface area contributed by atoms with Gasteiger partial charge in [0.25, 0.3) is 5.69 Å². The van der Waals surface area contributed by atoms with Gasteiger partial charge in [-0.25, -0.2) is 4.79 Å². The van der Waals surface area contributed by atoms with E-state index in [1.807, 2.05) is 0 Å². The molecule has 7 nitrogen and oxygen atoms in total. The lowest BCUT2D eigenvalue weighted by Gasteiger charge is -2.08. The number of urea groups is 1. The van der Waals surface area contributed by atoms with Crippen molar-refractivity contribution >= 4 is 17.4 Å². The van der Waals surface area contributed by atoms with Gasteiger partial charge in [0.15, 0.2) is 0 Å². The molecule has 1 rings (SSSR count). The maximum absolute atomic E-state index is 11.9. The Morgan fingerprint density at radius 3 is 2.04 bits per heavy atom. The fraction of sp³-hybridized carbons (Fsp3) is 0.667. The second kappa shape index (κ2) is 14.7. The van der Waals surface area contributed by atoms with Crippen molar-refractivity contribution in [2.75, 3.05) is 11.9 Å². The second-order valence-corrected chi connectivity index (χ2v) is 7.23. The molecule has 0 bridgehead atoms. The summed E-state index contributed by atoms with van der Waals surface area (Å²) in [6, 6.07) is 3.16. The van der Waals surface area contributed by atoms with Crippen molar-refractivity contribution in [1.82, 2.24) is 5.32 Å². The maximum atomic E-state index is 11.9. The van der Waals surface area contributed by atoms with E-state index in [2.05, 4.69) is 17.6 Å².